The zero-order chi connectivity index (χ0) is 28.0. The van der Waals surface area contributed by atoms with Crippen molar-refractivity contribution in [2.75, 3.05) is 26.7 Å². The molecule has 0 spiro atoms. The third-order valence-corrected chi connectivity index (χ3v) is 12.9. The minimum absolute atomic E-state index is 0.0619. The number of likely N-dealkylation sites (tertiary alicyclic amines) is 1. The number of amides is 3. The van der Waals surface area contributed by atoms with Crippen LogP contribution in [0.2, 0.25) is 0 Å². The largest absolute Gasteiger partial charge is 0.393 e. The third kappa shape index (κ3) is 5.40. The monoisotopic (exact) mass is 541 g/mol. The Balaban J connectivity index is 1.14. The van der Waals surface area contributed by atoms with Crippen LogP contribution in [0.1, 0.15) is 105 Å². The molecule has 0 radical (unpaired) electrons. The number of piperidine rings is 1. The number of urea groups is 1. The molecule has 1 heterocycles. The number of aliphatic hydroxyl groups excluding tert-OH is 1. The van der Waals surface area contributed by atoms with E-state index in [0.717, 1.165) is 75.3 Å². The van der Waals surface area contributed by atoms with Gasteiger partial charge in [-0.05, 0) is 116 Å². The highest BCUT2D eigenvalue weighted by Gasteiger charge is 2.59. The molecule has 3 amide bonds. The molecule has 6 heteroatoms. The van der Waals surface area contributed by atoms with Gasteiger partial charge in [0.05, 0.1) is 6.10 Å². The fourth-order valence-corrected chi connectivity index (χ4v) is 10.2. The van der Waals surface area contributed by atoms with Crippen molar-refractivity contribution in [1.29, 1.82) is 0 Å². The number of rotatable bonds is 6. The van der Waals surface area contributed by atoms with Crippen LogP contribution >= 0.6 is 0 Å². The Morgan fingerprint density at radius 1 is 1.05 bits per heavy atom. The van der Waals surface area contributed by atoms with Gasteiger partial charge in [-0.3, -0.25) is 4.79 Å². The first-order valence-electron chi connectivity index (χ1n) is 16.1. The summed E-state index contributed by atoms with van der Waals surface area (Å²) in [5.74, 6) is 4.03. The molecule has 1 saturated heterocycles. The van der Waals surface area contributed by atoms with Gasteiger partial charge in [0.2, 0.25) is 5.91 Å². The molecule has 0 aromatic rings. The lowest BCUT2D eigenvalue weighted by molar-refractivity contribution is -0.133. The number of hydrogen-bond donors (Lipinski definition) is 3. The molecular formula is C33H55N3O3. The van der Waals surface area contributed by atoms with Gasteiger partial charge in [-0.2, -0.15) is 0 Å². The molecule has 6 nitrogen and oxygen atoms in total. The van der Waals surface area contributed by atoms with Crippen molar-refractivity contribution in [3.05, 3.63) is 11.6 Å². The van der Waals surface area contributed by atoms with Crippen molar-refractivity contribution in [2.45, 2.75) is 111 Å². The van der Waals surface area contributed by atoms with Crippen molar-refractivity contribution in [1.82, 2.24) is 15.5 Å². The van der Waals surface area contributed by atoms with Crippen LogP contribution in [0, 0.1) is 45.8 Å². The Morgan fingerprint density at radius 3 is 2.51 bits per heavy atom. The van der Waals surface area contributed by atoms with E-state index in [1.54, 1.807) is 12.6 Å². The van der Waals surface area contributed by atoms with Crippen molar-refractivity contribution >= 4 is 11.9 Å². The third-order valence-electron chi connectivity index (χ3n) is 12.9. The normalized spacial score (nSPS) is 40.0. The highest BCUT2D eigenvalue weighted by atomic mass is 16.3. The van der Waals surface area contributed by atoms with Crippen LogP contribution in [0.5, 0.6) is 0 Å². The first-order valence-corrected chi connectivity index (χ1v) is 16.1. The van der Waals surface area contributed by atoms with Crippen molar-refractivity contribution in [3.8, 4) is 0 Å². The van der Waals surface area contributed by atoms with E-state index in [0.29, 0.717) is 35.6 Å². The summed E-state index contributed by atoms with van der Waals surface area (Å²) in [6.45, 7) is 12.0. The van der Waals surface area contributed by atoms with E-state index < -0.39 is 0 Å². The van der Waals surface area contributed by atoms with Gasteiger partial charge in [0.25, 0.3) is 0 Å². The molecule has 1 unspecified atom stereocenters. The number of allylic oxidation sites excluding steroid dienone is 1. The van der Waals surface area contributed by atoms with Crippen LogP contribution in [-0.2, 0) is 4.79 Å². The number of hydrogen-bond acceptors (Lipinski definition) is 3. The Labute approximate surface area is 237 Å². The van der Waals surface area contributed by atoms with E-state index in [9.17, 15) is 14.7 Å². The molecule has 39 heavy (non-hydrogen) atoms. The lowest BCUT2D eigenvalue weighted by Crippen LogP contribution is -2.50. The van der Waals surface area contributed by atoms with E-state index in [4.69, 9.17) is 0 Å². The highest BCUT2D eigenvalue weighted by molar-refractivity contribution is 5.76. The van der Waals surface area contributed by atoms with Crippen LogP contribution in [0.4, 0.5) is 4.79 Å². The maximum absolute atomic E-state index is 13.2. The maximum Gasteiger partial charge on any atom is 0.314 e. The summed E-state index contributed by atoms with van der Waals surface area (Å²) in [4.78, 5) is 26.9. The second-order valence-electron chi connectivity index (χ2n) is 15.0. The minimum atomic E-state index is -0.132. The molecule has 0 aromatic heterocycles. The lowest BCUT2D eigenvalue weighted by Gasteiger charge is -2.58. The number of carbonyl (C=O) groups excluding carboxylic acids is 2. The van der Waals surface area contributed by atoms with Crippen LogP contribution in [0.3, 0.4) is 0 Å². The maximum atomic E-state index is 13.2. The molecule has 8 atom stereocenters. The Hall–Kier alpha value is -1.56. The highest BCUT2D eigenvalue weighted by Crippen LogP contribution is 2.67. The lowest BCUT2D eigenvalue weighted by atomic mass is 9.47. The van der Waals surface area contributed by atoms with Crippen LogP contribution in [0.25, 0.3) is 0 Å². The van der Waals surface area contributed by atoms with E-state index >= 15 is 0 Å². The molecule has 5 rings (SSSR count). The van der Waals surface area contributed by atoms with Gasteiger partial charge in [-0.1, -0.05) is 39.3 Å². The van der Waals surface area contributed by atoms with Crippen molar-refractivity contribution < 1.29 is 14.7 Å². The molecule has 3 saturated carbocycles. The van der Waals surface area contributed by atoms with Crippen LogP contribution in [0.15, 0.2) is 11.6 Å². The van der Waals surface area contributed by atoms with Gasteiger partial charge >= 0.3 is 6.03 Å². The molecule has 1 aliphatic heterocycles. The molecular weight excluding hydrogens is 486 g/mol. The number of carbonyl (C=O) groups is 2. The standard InChI is InChI=1S/C33H55N3O3/c1-22(6-11-29(38)36-18-16-31(2,17-19-36)21-35-30(39)34-5)26-9-10-27-25-8-7-23-20-24(37)12-14-32(23,3)28(25)13-15-33(26,27)4/h7,22,24-28,37H,6,8-21H2,1-5H3,(H2,34,35,39)/t22?,24-,25-,26+,27-,28-,32-,33+/m0/s1. The summed E-state index contributed by atoms with van der Waals surface area (Å²) < 4.78 is 0. The number of fused-ring (bicyclic) bond motifs is 5. The Morgan fingerprint density at radius 2 is 1.79 bits per heavy atom. The van der Waals surface area contributed by atoms with E-state index in [1.165, 1.54) is 32.1 Å². The second kappa shape index (κ2) is 11.0. The molecule has 220 valence electrons. The molecule has 5 aliphatic rings. The van der Waals surface area contributed by atoms with Gasteiger partial charge in [-0.15, -0.1) is 0 Å². The Kier molecular flexibility index (Phi) is 8.18. The topological polar surface area (TPSA) is 81.7 Å². The first-order chi connectivity index (χ1) is 18.5. The summed E-state index contributed by atoms with van der Waals surface area (Å²) in [5.41, 5.74) is 2.34. The van der Waals surface area contributed by atoms with Gasteiger partial charge in [0, 0.05) is 33.1 Å². The van der Waals surface area contributed by atoms with Crippen LogP contribution in [-0.4, -0.2) is 54.7 Å². The van der Waals surface area contributed by atoms with Crippen molar-refractivity contribution in [2.24, 2.45) is 45.8 Å². The van der Waals surface area contributed by atoms with Crippen LogP contribution < -0.4 is 10.6 Å². The first kappa shape index (κ1) is 29.0. The summed E-state index contributed by atoms with van der Waals surface area (Å²) in [6.07, 6.45) is 15.6. The number of nitrogens with zero attached hydrogens (tertiary/aromatic N) is 1. The van der Waals surface area contributed by atoms with E-state index in [-0.39, 0.29) is 17.6 Å². The number of aliphatic hydroxyl groups is 1. The summed E-state index contributed by atoms with van der Waals surface area (Å²) >= 11 is 0. The summed E-state index contributed by atoms with van der Waals surface area (Å²) in [6, 6.07) is -0.132. The quantitative estimate of drug-likeness (QED) is 0.366. The predicted octanol–water partition coefficient (Wildman–Crippen LogP) is 5.90. The smallest absolute Gasteiger partial charge is 0.314 e. The Bertz CT molecular complexity index is 956. The fraction of sp³-hybridized carbons (Fsp3) is 0.879. The van der Waals surface area contributed by atoms with Gasteiger partial charge in [0.15, 0.2) is 0 Å². The van der Waals surface area contributed by atoms with E-state index in [1.807, 2.05) is 0 Å². The number of nitrogens with one attached hydrogen (secondary N) is 2. The predicted molar refractivity (Wildman–Crippen MR) is 156 cm³/mol. The fourth-order valence-electron chi connectivity index (χ4n) is 10.2. The van der Waals surface area contributed by atoms with Gasteiger partial charge < -0.3 is 20.6 Å². The van der Waals surface area contributed by atoms with Gasteiger partial charge in [0.1, 0.15) is 0 Å². The van der Waals surface area contributed by atoms with E-state index in [2.05, 4.69) is 49.3 Å². The zero-order valence-corrected chi connectivity index (χ0v) is 25.4. The summed E-state index contributed by atoms with van der Waals surface area (Å²) in [7, 11) is 1.64. The molecule has 0 bridgehead atoms. The average molecular weight is 542 g/mol. The average Bonchev–Trinajstić information content (AvgIpc) is 3.28. The molecule has 0 aromatic carbocycles. The molecule has 3 N–H and O–H groups in total. The van der Waals surface area contributed by atoms with Crippen molar-refractivity contribution in [3.63, 3.8) is 0 Å². The minimum Gasteiger partial charge on any atom is -0.393 e. The summed E-state index contributed by atoms with van der Waals surface area (Å²) in [5, 5.41) is 15.9. The second-order valence-corrected chi connectivity index (χ2v) is 15.0. The SMILES string of the molecule is CNC(=O)NCC1(C)CCN(C(=O)CCC(C)[C@H]2CC[C@H]3[C@@H]4CC=C5C[C@@H](O)CC[C@]5(C)[C@H]4CC[C@]23C)CC1. The van der Waals surface area contributed by atoms with Gasteiger partial charge in [-0.25, -0.2) is 4.79 Å². The zero-order valence-electron chi connectivity index (χ0n) is 25.4. The molecule has 4 fully saturated rings. The molecule has 4 aliphatic carbocycles.